The average molecular weight is 277 g/mol. The minimum absolute atomic E-state index is 0.0815. The van der Waals surface area contributed by atoms with E-state index in [1.807, 2.05) is 0 Å². The summed E-state index contributed by atoms with van der Waals surface area (Å²) >= 11 is 5.58. The van der Waals surface area contributed by atoms with Crippen LogP contribution in [0, 0.1) is 0 Å². The molecule has 0 aromatic heterocycles. The van der Waals surface area contributed by atoms with Gasteiger partial charge in [-0.1, -0.05) is 29.8 Å². The number of alkyl halides is 3. The molecule has 0 radical (unpaired) electrons. The van der Waals surface area contributed by atoms with Gasteiger partial charge in [0.05, 0.1) is 5.57 Å². The molecule has 0 amide bonds. The first kappa shape index (κ1) is 14.3. The molecule has 1 aromatic carbocycles. The molecule has 18 heavy (non-hydrogen) atoms. The molecule has 0 aliphatic carbocycles. The van der Waals surface area contributed by atoms with Crippen LogP contribution in [0.2, 0.25) is 5.02 Å². The molecular formula is C12H8ClF3O2. The fraction of sp³-hybridized carbons (Fsp3) is 0.0833. The summed E-state index contributed by atoms with van der Waals surface area (Å²) in [5.74, 6) is -1.32. The molecule has 0 heterocycles. The molecule has 0 unspecified atom stereocenters. The van der Waals surface area contributed by atoms with E-state index in [0.717, 1.165) is 6.08 Å². The summed E-state index contributed by atoms with van der Waals surface area (Å²) in [6, 6.07) is 5.10. The molecule has 0 bridgehead atoms. The Morgan fingerprint density at radius 1 is 1.22 bits per heavy atom. The van der Waals surface area contributed by atoms with Crippen LogP contribution in [0.5, 0.6) is 0 Å². The van der Waals surface area contributed by atoms with E-state index in [2.05, 4.69) is 0 Å². The van der Waals surface area contributed by atoms with E-state index >= 15 is 0 Å². The Bertz CT molecular complexity index is 487. The van der Waals surface area contributed by atoms with Gasteiger partial charge in [0, 0.05) is 11.1 Å². The molecule has 0 aliphatic rings. The van der Waals surface area contributed by atoms with E-state index in [0.29, 0.717) is 17.2 Å². The fourth-order valence-electron chi connectivity index (χ4n) is 1.21. The van der Waals surface area contributed by atoms with Crippen molar-refractivity contribution >= 4 is 23.1 Å². The first-order chi connectivity index (χ1) is 8.30. The van der Waals surface area contributed by atoms with Crippen LogP contribution in [-0.2, 0) is 4.79 Å². The monoisotopic (exact) mass is 276 g/mol. The van der Waals surface area contributed by atoms with Gasteiger partial charge in [-0.05, 0) is 23.8 Å². The number of carboxylic acids is 1. The second kappa shape index (κ2) is 5.73. The maximum atomic E-state index is 12.7. The maximum Gasteiger partial charge on any atom is 0.416 e. The lowest BCUT2D eigenvalue weighted by molar-refractivity contribution is -0.131. The van der Waals surface area contributed by atoms with E-state index in [1.54, 1.807) is 0 Å². The second-order valence-electron chi connectivity index (χ2n) is 3.28. The first-order valence-electron chi connectivity index (χ1n) is 4.75. The number of aliphatic carboxylic acids is 1. The van der Waals surface area contributed by atoms with Crippen molar-refractivity contribution in [2.75, 3.05) is 0 Å². The average Bonchev–Trinajstić information content (AvgIpc) is 2.24. The minimum Gasteiger partial charge on any atom is -0.478 e. The predicted molar refractivity (Wildman–Crippen MR) is 62.3 cm³/mol. The van der Waals surface area contributed by atoms with Gasteiger partial charge in [-0.3, -0.25) is 0 Å². The fourth-order valence-corrected chi connectivity index (χ4v) is 1.34. The predicted octanol–water partition coefficient (Wildman–Crippen LogP) is 3.93. The summed E-state index contributed by atoms with van der Waals surface area (Å²) in [6.07, 6.45) is -2.41. The van der Waals surface area contributed by atoms with Crippen LogP contribution in [0.15, 0.2) is 42.5 Å². The number of halogens is 4. The molecule has 0 aliphatic heterocycles. The molecule has 0 saturated carbocycles. The SMILES string of the molecule is O=C(O)/C=C/C=C(/c1ccc(Cl)cc1)C(F)(F)F. The van der Waals surface area contributed by atoms with Crippen LogP contribution < -0.4 is 0 Å². The van der Waals surface area contributed by atoms with Crippen LogP contribution in [0.4, 0.5) is 13.2 Å². The zero-order valence-electron chi connectivity index (χ0n) is 8.91. The van der Waals surface area contributed by atoms with Gasteiger partial charge >= 0.3 is 12.1 Å². The Morgan fingerprint density at radius 3 is 2.22 bits per heavy atom. The molecule has 0 spiro atoms. The van der Waals surface area contributed by atoms with Crippen molar-refractivity contribution in [3.8, 4) is 0 Å². The zero-order chi connectivity index (χ0) is 13.8. The van der Waals surface area contributed by atoms with Crippen LogP contribution in [0.1, 0.15) is 5.56 Å². The van der Waals surface area contributed by atoms with E-state index in [4.69, 9.17) is 16.7 Å². The highest BCUT2D eigenvalue weighted by atomic mass is 35.5. The summed E-state index contributed by atoms with van der Waals surface area (Å²) in [5.41, 5.74) is -1.02. The Kier molecular flexibility index (Phi) is 4.55. The third kappa shape index (κ3) is 4.25. The molecule has 96 valence electrons. The van der Waals surface area contributed by atoms with Crippen molar-refractivity contribution in [1.29, 1.82) is 0 Å². The van der Waals surface area contributed by atoms with Gasteiger partial charge in [-0.2, -0.15) is 13.2 Å². The van der Waals surface area contributed by atoms with E-state index in [-0.39, 0.29) is 5.56 Å². The van der Waals surface area contributed by atoms with Crippen molar-refractivity contribution in [1.82, 2.24) is 0 Å². The summed E-state index contributed by atoms with van der Waals surface area (Å²) in [6.45, 7) is 0. The van der Waals surface area contributed by atoms with Crippen molar-refractivity contribution in [2.24, 2.45) is 0 Å². The standard InChI is InChI=1S/C12H8ClF3O2/c13-9-6-4-8(5-7-9)10(12(14,15)16)2-1-3-11(17)18/h1-7H,(H,17,18)/b3-1+,10-2-. The largest absolute Gasteiger partial charge is 0.478 e. The Balaban J connectivity index is 3.14. The second-order valence-corrected chi connectivity index (χ2v) is 3.72. The van der Waals surface area contributed by atoms with Crippen LogP contribution >= 0.6 is 11.6 Å². The molecule has 0 fully saturated rings. The Labute approximate surface area is 106 Å². The molecule has 0 atom stereocenters. The van der Waals surface area contributed by atoms with Gasteiger partial charge in [0.15, 0.2) is 0 Å². The molecule has 2 nitrogen and oxygen atoms in total. The number of hydrogen-bond donors (Lipinski definition) is 1. The summed E-state index contributed by atoms with van der Waals surface area (Å²) in [4.78, 5) is 10.2. The number of rotatable bonds is 3. The van der Waals surface area contributed by atoms with Gasteiger partial charge in [0.2, 0.25) is 0 Å². The third-order valence-electron chi connectivity index (χ3n) is 1.96. The van der Waals surface area contributed by atoms with Crippen LogP contribution in [0.3, 0.4) is 0 Å². The number of carbonyl (C=O) groups is 1. The van der Waals surface area contributed by atoms with E-state index in [1.165, 1.54) is 24.3 Å². The Morgan fingerprint density at radius 2 is 1.78 bits per heavy atom. The molecule has 6 heteroatoms. The van der Waals surface area contributed by atoms with Crippen molar-refractivity contribution < 1.29 is 23.1 Å². The molecular weight excluding hydrogens is 269 g/mol. The topological polar surface area (TPSA) is 37.3 Å². The van der Waals surface area contributed by atoms with Gasteiger partial charge in [-0.25, -0.2) is 4.79 Å². The number of hydrogen-bond acceptors (Lipinski definition) is 1. The zero-order valence-corrected chi connectivity index (χ0v) is 9.66. The molecule has 0 saturated heterocycles. The van der Waals surface area contributed by atoms with Crippen molar-refractivity contribution in [3.63, 3.8) is 0 Å². The lowest BCUT2D eigenvalue weighted by Crippen LogP contribution is -2.10. The van der Waals surface area contributed by atoms with Gasteiger partial charge < -0.3 is 5.11 Å². The highest BCUT2D eigenvalue weighted by molar-refractivity contribution is 6.30. The van der Waals surface area contributed by atoms with Crippen LogP contribution in [0.25, 0.3) is 5.57 Å². The van der Waals surface area contributed by atoms with Gasteiger partial charge in [-0.15, -0.1) is 0 Å². The first-order valence-corrected chi connectivity index (χ1v) is 5.13. The van der Waals surface area contributed by atoms with Crippen molar-refractivity contribution in [2.45, 2.75) is 6.18 Å². The smallest absolute Gasteiger partial charge is 0.416 e. The van der Waals surface area contributed by atoms with Gasteiger partial charge in [0.25, 0.3) is 0 Å². The number of carboxylic acid groups (broad SMARTS) is 1. The van der Waals surface area contributed by atoms with E-state index in [9.17, 15) is 18.0 Å². The molecule has 1 N–H and O–H groups in total. The molecule has 1 rings (SSSR count). The lowest BCUT2D eigenvalue weighted by atomic mass is 10.1. The summed E-state index contributed by atoms with van der Waals surface area (Å²) in [7, 11) is 0. The highest BCUT2D eigenvalue weighted by Crippen LogP contribution is 2.34. The van der Waals surface area contributed by atoms with Crippen molar-refractivity contribution in [3.05, 3.63) is 53.1 Å². The van der Waals surface area contributed by atoms with Crippen LogP contribution in [-0.4, -0.2) is 17.3 Å². The van der Waals surface area contributed by atoms with E-state index < -0.39 is 17.7 Å². The highest BCUT2D eigenvalue weighted by Gasteiger charge is 2.34. The summed E-state index contributed by atoms with van der Waals surface area (Å²) in [5, 5.41) is 8.64. The molecule has 1 aromatic rings. The summed E-state index contributed by atoms with van der Waals surface area (Å²) < 4.78 is 38.2. The number of benzene rings is 1. The normalized spacial score (nSPS) is 13.0. The Hall–Kier alpha value is -1.75. The maximum absolute atomic E-state index is 12.7. The quantitative estimate of drug-likeness (QED) is 0.671. The number of allylic oxidation sites excluding steroid dienone is 3. The van der Waals surface area contributed by atoms with Gasteiger partial charge in [0.1, 0.15) is 0 Å². The third-order valence-corrected chi connectivity index (χ3v) is 2.21. The minimum atomic E-state index is -4.57. The lowest BCUT2D eigenvalue weighted by Gasteiger charge is -2.11.